The average Bonchev–Trinajstić information content (AvgIpc) is 2.78. The molecule has 5 nitrogen and oxygen atoms in total. The molecule has 1 aromatic carbocycles. The zero-order valence-corrected chi connectivity index (χ0v) is 10.9. The Morgan fingerprint density at radius 3 is 3.16 bits per heavy atom. The third-order valence-electron chi connectivity index (χ3n) is 3.07. The van der Waals surface area contributed by atoms with E-state index in [1.807, 2.05) is 31.3 Å². The predicted octanol–water partition coefficient (Wildman–Crippen LogP) is 2.31. The second kappa shape index (κ2) is 5.32. The molecule has 1 aromatic heterocycles. The number of nitrogens with one attached hydrogen (secondary N) is 1. The molecule has 1 N–H and O–H groups in total. The van der Waals surface area contributed by atoms with Crippen molar-refractivity contribution in [1.82, 2.24) is 10.3 Å². The van der Waals surface area contributed by atoms with Crippen LogP contribution in [0.2, 0.25) is 0 Å². The van der Waals surface area contributed by atoms with E-state index in [4.69, 9.17) is 9.15 Å². The molecule has 0 radical (unpaired) electrons. The van der Waals surface area contributed by atoms with Crippen molar-refractivity contribution in [3.8, 4) is 5.75 Å². The van der Waals surface area contributed by atoms with Gasteiger partial charge in [0.2, 0.25) is 0 Å². The lowest BCUT2D eigenvalue weighted by atomic mass is 10.2. The van der Waals surface area contributed by atoms with Crippen LogP contribution in [0.5, 0.6) is 5.75 Å². The number of benzene rings is 1. The molecule has 0 saturated heterocycles. The van der Waals surface area contributed by atoms with Crippen LogP contribution in [0.4, 0.5) is 11.7 Å². The minimum absolute atomic E-state index is 0.628. The van der Waals surface area contributed by atoms with Gasteiger partial charge in [-0.2, -0.15) is 4.98 Å². The highest BCUT2D eigenvalue weighted by Gasteiger charge is 2.21. The third-order valence-corrected chi connectivity index (χ3v) is 3.07. The molecule has 0 aliphatic carbocycles. The summed E-state index contributed by atoms with van der Waals surface area (Å²) in [6, 6.07) is 8.61. The number of nitrogens with zero attached hydrogens (tertiary/aromatic N) is 2. The van der Waals surface area contributed by atoms with Crippen molar-refractivity contribution in [3.63, 3.8) is 0 Å². The van der Waals surface area contributed by atoms with Crippen LogP contribution >= 0.6 is 0 Å². The molecule has 100 valence electrons. The Kier molecular flexibility index (Phi) is 3.37. The van der Waals surface area contributed by atoms with Gasteiger partial charge in [-0.3, -0.25) is 4.90 Å². The fourth-order valence-corrected chi connectivity index (χ4v) is 2.21. The molecule has 0 amide bonds. The Bertz CT molecular complexity index is 553. The first kappa shape index (κ1) is 12.0. The molecule has 19 heavy (non-hydrogen) atoms. The molecule has 0 bridgehead atoms. The van der Waals surface area contributed by atoms with Crippen molar-refractivity contribution in [2.45, 2.75) is 13.0 Å². The van der Waals surface area contributed by atoms with Gasteiger partial charge in [0.25, 0.3) is 0 Å². The lowest BCUT2D eigenvalue weighted by Crippen LogP contribution is -2.18. The normalized spacial score (nSPS) is 14.7. The van der Waals surface area contributed by atoms with E-state index < -0.39 is 0 Å². The minimum Gasteiger partial charge on any atom is -0.491 e. The number of aromatic nitrogens is 1. The summed E-state index contributed by atoms with van der Waals surface area (Å²) in [6.07, 6.45) is 2.64. The first-order valence-electron chi connectivity index (χ1n) is 6.47. The summed E-state index contributed by atoms with van der Waals surface area (Å²) in [5, 5.41) is 3.07. The molecule has 1 aliphatic rings. The van der Waals surface area contributed by atoms with Crippen molar-refractivity contribution in [3.05, 3.63) is 36.2 Å². The Labute approximate surface area is 112 Å². The van der Waals surface area contributed by atoms with Crippen molar-refractivity contribution in [1.29, 1.82) is 0 Å². The van der Waals surface area contributed by atoms with Crippen LogP contribution in [0.3, 0.4) is 0 Å². The van der Waals surface area contributed by atoms with Crippen LogP contribution in [-0.4, -0.2) is 25.2 Å². The second-order valence-electron chi connectivity index (χ2n) is 4.47. The fraction of sp³-hybridized carbons (Fsp3) is 0.357. The minimum atomic E-state index is 0.628. The summed E-state index contributed by atoms with van der Waals surface area (Å²) in [5.74, 6) is 0.883. The second-order valence-corrected chi connectivity index (χ2v) is 4.47. The van der Waals surface area contributed by atoms with Gasteiger partial charge in [0, 0.05) is 13.1 Å². The molecule has 5 heteroatoms. The van der Waals surface area contributed by atoms with Gasteiger partial charge >= 0.3 is 6.01 Å². The standard InChI is InChI=1S/C14H17N3O2/c1-15-9-11-10-19-14(16-11)17-7-4-8-18-13-6-3-2-5-12(13)17/h2-3,5-6,10,15H,4,7-9H2,1H3. The number of ether oxygens (including phenoxy) is 1. The number of hydrogen-bond donors (Lipinski definition) is 1. The van der Waals surface area contributed by atoms with Crippen molar-refractivity contribution in [2.75, 3.05) is 25.1 Å². The van der Waals surface area contributed by atoms with Gasteiger partial charge < -0.3 is 14.5 Å². The maximum absolute atomic E-state index is 5.73. The lowest BCUT2D eigenvalue weighted by Gasteiger charge is -2.19. The number of para-hydroxylation sites is 2. The molecule has 0 spiro atoms. The van der Waals surface area contributed by atoms with Crippen LogP contribution in [-0.2, 0) is 6.54 Å². The Hall–Kier alpha value is -2.01. The molecular formula is C14H17N3O2. The number of hydrogen-bond acceptors (Lipinski definition) is 5. The first-order chi connectivity index (χ1) is 9.38. The zero-order chi connectivity index (χ0) is 13.1. The van der Waals surface area contributed by atoms with Crippen LogP contribution in [0.25, 0.3) is 0 Å². The van der Waals surface area contributed by atoms with E-state index >= 15 is 0 Å². The number of fused-ring (bicyclic) bond motifs is 1. The molecule has 2 aromatic rings. The Morgan fingerprint density at radius 1 is 1.37 bits per heavy atom. The molecular weight excluding hydrogens is 242 g/mol. The van der Waals surface area contributed by atoms with Gasteiger partial charge in [0.15, 0.2) is 0 Å². The Balaban J connectivity index is 1.94. The highest BCUT2D eigenvalue weighted by Crippen LogP contribution is 2.35. The van der Waals surface area contributed by atoms with E-state index in [1.54, 1.807) is 6.26 Å². The van der Waals surface area contributed by atoms with Gasteiger partial charge in [0.1, 0.15) is 12.0 Å². The van der Waals surface area contributed by atoms with Crippen molar-refractivity contribution >= 4 is 11.7 Å². The molecule has 0 fully saturated rings. The van der Waals surface area contributed by atoms with Gasteiger partial charge in [-0.1, -0.05) is 12.1 Å². The van der Waals surface area contributed by atoms with E-state index in [0.717, 1.165) is 36.7 Å². The van der Waals surface area contributed by atoms with Crippen LogP contribution < -0.4 is 15.0 Å². The smallest absolute Gasteiger partial charge is 0.302 e. The first-order valence-corrected chi connectivity index (χ1v) is 6.47. The van der Waals surface area contributed by atoms with Gasteiger partial charge in [-0.25, -0.2) is 0 Å². The maximum Gasteiger partial charge on any atom is 0.302 e. The van der Waals surface area contributed by atoms with Crippen molar-refractivity contribution in [2.24, 2.45) is 0 Å². The zero-order valence-electron chi connectivity index (χ0n) is 10.9. The van der Waals surface area contributed by atoms with E-state index in [9.17, 15) is 0 Å². The Morgan fingerprint density at radius 2 is 2.26 bits per heavy atom. The summed E-state index contributed by atoms with van der Waals surface area (Å²) in [6.45, 7) is 2.27. The molecule has 3 rings (SSSR count). The van der Waals surface area contributed by atoms with E-state index in [-0.39, 0.29) is 0 Å². The van der Waals surface area contributed by atoms with Crippen LogP contribution in [0.1, 0.15) is 12.1 Å². The topological polar surface area (TPSA) is 50.5 Å². The van der Waals surface area contributed by atoms with E-state index in [1.165, 1.54) is 0 Å². The SMILES string of the molecule is CNCc1coc(N2CCCOc3ccccc32)n1. The number of rotatable bonds is 3. The summed E-state index contributed by atoms with van der Waals surface area (Å²) >= 11 is 0. The summed E-state index contributed by atoms with van der Waals surface area (Å²) in [7, 11) is 1.89. The average molecular weight is 259 g/mol. The summed E-state index contributed by atoms with van der Waals surface area (Å²) in [5.41, 5.74) is 1.91. The highest BCUT2D eigenvalue weighted by molar-refractivity contribution is 5.65. The van der Waals surface area contributed by atoms with Crippen molar-refractivity contribution < 1.29 is 9.15 Å². The van der Waals surface area contributed by atoms with Crippen LogP contribution in [0, 0.1) is 0 Å². The highest BCUT2D eigenvalue weighted by atomic mass is 16.5. The third kappa shape index (κ3) is 2.42. The van der Waals surface area contributed by atoms with E-state index in [0.29, 0.717) is 12.6 Å². The number of anilines is 2. The van der Waals surface area contributed by atoms with Gasteiger partial charge in [-0.05, 0) is 25.6 Å². The molecule has 1 aliphatic heterocycles. The van der Waals surface area contributed by atoms with E-state index in [2.05, 4.69) is 15.2 Å². The van der Waals surface area contributed by atoms with Crippen LogP contribution in [0.15, 0.2) is 34.9 Å². The summed E-state index contributed by atoms with van der Waals surface area (Å²) in [4.78, 5) is 6.58. The maximum atomic E-state index is 5.73. The summed E-state index contributed by atoms with van der Waals surface area (Å²) < 4.78 is 11.3. The monoisotopic (exact) mass is 259 g/mol. The molecule has 0 unspecified atom stereocenters. The van der Waals surface area contributed by atoms with Gasteiger partial charge in [0.05, 0.1) is 18.0 Å². The molecule has 0 saturated carbocycles. The largest absolute Gasteiger partial charge is 0.491 e. The quantitative estimate of drug-likeness (QED) is 0.916. The van der Waals surface area contributed by atoms with Gasteiger partial charge in [-0.15, -0.1) is 0 Å². The molecule has 2 heterocycles. The predicted molar refractivity (Wildman–Crippen MR) is 72.8 cm³/mol. The number of oxazole rings is 1. The molecule has 0 atom stereocenters. The lowest BCUT2D eigenvalue weighted by molar-refractivity contribution is 0.322. The fourth-order valence-electron chi connectivity index (χ4n) is 2.21.